The lowest BCUT2D eigenvalue weighted by molar-refractivity contribution is 0.00732. The van der Waals surface area contributed by atoms with Gasteiger partial charge in [-0.3, -0.25) is 0 Å². The summed E-state index contributed by atoms with van der Waals surface area (Å²) < 4.78 is 5.28. The van der Waals surface area contributed by atoms with Crippen LogP contribution in [-0.4, -0.2) is 36.8 Å². The zero-order valence-corrected chi connectivity index (χ0v) is 17.1. The van der Waals surface area contributed by atoms with Gasteiger partial charge in [-0.2, -0.15) is 0 Å². The smallest absolute Gasteiger partial charge is 0.118 e. The van der Waals surface area contributed by atoms with Gasteiger partial charge in [-0.05, 0) is 68.5 Å². The molecular weight excluding hydrogens is 358 g/mol. The monoisotopic (exact) mass is 389 g/mol. The van der Waals surface area contributed by atoms with E-state index in [0.717, 1.165) is 50.2 Å². The van der Waals surface area contributed by atoms with Crippen molar-refractivity contribution in [3.63, 3.8) is 0 Å². The molecule has 2 aromatic carbocycles. The van der Waals surface area contributed by atoms with E-state index in [1.165, 1.54) is 24.8 Å². The summed E-state index contributed by atoms with van der Waals surface area (Å²) in [7, 11) is 1.67. The summed E-state index contributed by atoms with van der Waals surface area (Å²) in [6, 6.07) is 18.4. The molecule has 27 heavy (non-hydrogen) atoms. The van der Waals surface area contributed by atoms with Gasteiger partial charge in [0.05, 0.1) is 12.7 Å². The summed E-state index contributed by atoms with van der Waals surface area (Å²) in [5, 5.41) is 11.6. The second-order valence-corrected chi connectivity index (χ2v) is 7.40. The van der Waals surface area contributed by atoms with Crippen LogP contribution in [0.3, 0.4) is 0 Å². The number of hydrogen-bond acceptors (Lipinski definition) is 3. The van der Waals surface area contributed by atoms with Crippen molar-refractivity contribution < 1.29 is 9.84 Å². The van der Waals surface area contributed by atoms with Crippen molar-refractivity contribution >= 4 is 12.4 Å². The van der Waals surface area contributed by atoms with Crippen molar-refractivity contribution in [1.82, 2.24) is 4.90 Å². The fourth-order valence-corrected chi connectivity index (χ4v) is 3.84. The van der Waals surface area contributed by atoms with Gasteiger partial charge in [0.2, 0.25) is 0 Å². The third-order valence-corrected chi connectivity index (χ3v) is 5.59. The molecule has 1 saturated heterocycles. The van der Waals surface area contributed by atoms with Crippen LogP contribution in [0.5, 0.6) is 5.75 Å². The summed E-state index contributed by atoms with van der Waals surface area (Å²) in [5.41, 5.74) is 1.46. The number of hydrogen-bond donors (Lipinski definition) is 1. The number of benzene rings is 2. The van der Waals surface area contributed by atoms with E-state index in [9.17, 15) is 5.11 Å². The molecule has 0 aliphatic carbocycles. The van der Waals surface area contributed by atoms with Crippen LogP contribution in [0, 0.1) is 0 Å². The summed E-state index contributed by atoms with van der Waals surface area (Å²) in [4.78, 5) is 2.50. The van der Waals surface area contributed by atoms with Crippen molar-refractivity contribution in [2.75, 3.05) is 26.7 Å². The van der Waals surface area contributed by atoms with Gasteiger partial charge in [-0.25, -0.2) is 0 Å². The van der Waals surface area contributed by atoms with Crippen molar-refractivity contribution in [1.29, 1.82) is 0 Å². The van der Waals surface area contributed by atoms with Gasteiger partial charge >= 0.3 is 0 Å². The maximum absolute atomic E-state index is 11.6. The number of aryl methyl sites for hydroxylation is 1. The second kappa shape index (κ2) is 10.7. The Morgan fingerprint density at radius 2 is 1.59 bits per heavy atom. The van der Waals surface area contributed by atoms with Gasteiger partial charge in [0.15, 0.2) is 0 Å². The van der Waals surface area contributed by atoms with Gasteiger partial charge in [0, 0.05) is 6.54 Å². The van der Waals surface area contributed by atoms with E-state index in [0.29, 0.717) is 0 Å². The lowest BCUT2D eigenvalue weighted by Gasteiger charge is -2.33. The highest BCUT2D eigenvalue weighted by Gasteiger charge is 2.30. The molecule has 3 nitrogen and oxygen atoms in total. The van der Waals surface area contributed by atoms with Crippen molar-refractivity contribution in [3.8, 4) is 5.75 Å². The Hall–Kier alpha value is -1.55. The maximum Gasteiger partial charge on any atom is 0.118 e. The van der Waals surface area contributed by atoms with E-state index in [1.54, 1.807) is 7.11 Å². The molecule has 1 atom stereocenters. The molecule has 0 saturated carbocycles. The number of rotatable bonds is 8. The molecule has 3 rings (SSSR count). The first-order valence-corrected chi connectivity index (χ1v) is 9.83. The number of nitrogens with zero attached hydrogens (tertiary/aromatic N) is 1. The molecule has 2 aromatic rings. The normalized spacial score (nSPS) is 17.0. The Kier molecular flexibility index (Phi) is 8.62. The SMILES string of the molecule is COc1ccc(C(O)(CCc2ccccc2)CCN2CCCCC2)cc1.Cl. The molecule has 1 unspecified atom stereocenters. The Balaban J connectivity index is 0.00000261. The highest BCUT2D eigenvalue weighted by atomic mass is 35.5. The number of aliphatic hydroxyl groups is 1. The van der Waals surface area contributed by atoms with Crippen LogP contribution in [0.4, 0.5) is 0 Å². The number of piperidine rings is 1. The average molecular weight is 390 g/mol. The first kappa shape index (κ1) is 21.7. The molecule has 0 bridgehead atoms. The number of likely N-dealkylation sites (tertiary alicyclic amines) is 1. The van der Waals surface area contributed by atoms with Crippen LogP contribution in [0.15, 0.2) is 54.6 Å². The lowest BCUT2D eigenvalue weighted by Crippen LogP contribution is -2.36. The number of halogens is 1. The van der Waals surface area contributed by atoms with Gasteiger partial charge in [0.25, 0.3) is 0 Å². The number of ether oxygens (including phenoxy) is 1. The quantitative estimate of drug-likeness (QED) is 0.702. The maximum atomic E-state index is 11.6. The Bertz CT molecular complexity index is 656. The Labute approximate surface area is 169 Å². The van der Waals surface area contributed by atoms with Crippen LogP contribution >= 0.6 is 12.4 Å². The van der Waals surface area contributed by atoms with Crippen LogP contribution in [0.25, 0.3) is 0 Å². The molecule has 1 aliphatic rings. The molecule has 1 N–H and O–H groups in total. The zero-order valence-electron chi connectivity index (χ0n) is 16.3. The second-order valence-electron chi connectivity index (χ2n) is 7.40. The van der Waals surface area contributed by atoms with E-state index in [-0.39, 0.29) is 12.4 Å². The largest absolute Gasteiger partial charge is 0.497 e. The van der Waals surface area contributed by atoms with Gasteiger partial charge in [-0.1, -0.05) is 48.9 Å². The number of methoxy groups -OCH3 is 1. The van der Waals surface area contributed by atoms with Crippen LogP contribution in [0.2, 0.25) is 0 Å². The van der Waals surface area contributed by atoms with E-state index in [4.69, 9.17) is 4.74 Å². The molecule has 0 spiro atoms. The van der Waals surface area contributed by atoms with Crippen molar-refractivity contribution in [2.24, 2.45) is 0 Å². The summed E-state index contributed by atoms with van der Waals surface area (Å²) >= 11 is 0. The summed E-state index contributed by atoms with van der Waals surface area (Å²) in [6.45, 7) is 3.28. The lowest BCUT2D eigenvalue weighted by atomic mass is 9.84. The minimum Gasteiger partial charge on any atom is -0.497 e. The molecule has 0 aromatic heterocycles. The van der Waals surface area contributed by atoms with Crippen molar-refractivity contribution in [2.45, 2.75) is 44.1 Å². The van der Waals surface area contributed by atoms with E-state index < -0.39 is 5.60 Å². The standard InChI is InChI=1S/C23H31NO2.ClH/c1-26-22-12-10-21(11-13-22)23(25,15-14-20-8-4-2-5-9-20)16-19-24-17-6-3-7-18-24;/h2,4-5,8-13,25H,3,6-7,14-19H2,1H3;1H. The van der Waals surface area contributed by atoms with Gasteiger partial charge in [0.1, 0.15) is 5.75 Å². The Morgan fingerprint density at radius 1 is 0.926 bits per heavy atom. The highest BCUT2D eigenvalue weighted by molar-refractivity contribution is 5.85. The predicted molar refractivity (Wildman–Crippen MR) is 114 cm³/mol. The molecule has 1 aliphatic heterocycles. The third-order valence-electron chi connectivity index (χ3n) is 5.59. The molecule has 1 fully saturated rings. The highest BCUT2D eigenvalue weighted by Crippen LogP contribution is 2.32. The predicted octanol–water partition coefficient (Wildman–Crippen LogP) is 4.81. The molecule has 0 amide bonds. The molecule has 148 valence electrons. The first-order valence-electron chi connectivity index (χ1n) is 9.83. The molecule has 1 heterocycles. The zero-order chi connectivity index (χ0) is 18.2. The van der Waals surface area contributed by atoms with Crippen molar-refractivity contribution in [3.05, 3.63) is 65.7 Å². The molecule has 4 heteroatoms. The minimum absolute atomic E-state index is 0. The topological polar surface area (TPSA) is 32.7 Å². The molecular formula is C23H32ClNO2. The van der Waals surface area contributed by atoms with Gasteiger partial charge < -0.3 is 14.7 Å². The Morgan fingerprint density at radius 3 is 2.22 bits per heavy atom. The van der Waals surface area contributed by atoms with Crippen LogP contribution < -0.4 is 4.74 Å². The fraction of sp³-hybridized carbons (Fsp3) is 0.478. The van der Waals surface area contributed by atoms with Gasteiger partial charge in [-0.15, -0.1) is 12.4 Å². The van der Waals surface area contributed by atoms with Crippen LogP contribution in [-0.2, 0) is 12.0 Å². The fourth-order valence-electron chi connectivity index (χ4n) is 3.84. The summed E-state index contributed by atoms with van der Waals surface area (Å²) in [5.74, 6) is 0.829. The third kappa shape index (κ3) is 6.24. The average Bonchev–Trinajstić information content (AvgIpc) is 2.72. The summed E-state index contributed by atoms with van der Waals surface area (Å²) in [6.07, 6.45) is 6.29. The molecule has 0 radical (unpaired) electrons. The first-order chi connectivity index (χ1) is 12.7. The van der Waals surface area contributed by atoms with E-state index in [1.807, 2.05) is 30.3 Å². The van der Waals surface area contributed by atoms with E-state index >= 15 is 0 Å². The minimum atomic E-state index is -0.806. The van der Waals surface area contributed by atoms with Crippen LogP contribution in [0.1, 0.15) is 43.2 Å². The van der Waals surface area contributed by atoms with E-state index in [2.05, 4.69) is 29.2 Å².